The topological polar surface area (TPSA) is 105 Å². The van der Waals surface area contributed by atoms with E-state index in [-0.39, 0.29) is 5.91 Å². The standard InChI is InChI=1S/C19H17N3O5S/c1-3-21-18(24)17(11-12-4-9-16(23)15(10-12)22(25)26)28-19(21)20-13-5-7-14(27-2)8-6-13/h4-11,23H,3H2,1-2H3/b17-11-,20-19?. The summed E-state index contributed by atoms with van der Waals surface area (Å²) in [4.78, 5) is 29.5. The maximum absolute atomic E-state index is 12.7. The Morgan fingerprint density at radius 1 is 1.29 bits per heavy atom. The van der Waals surface area contributed by atoms with Crippen molar-refractivity contribution in [2.45, 2.75) is 6.92 Å². The Bertz CT molecular complexity index is 986. The molecule has 144 valence electrons. The van der Waals surface area contributed by atoms with Crippen molar-refractivity contribution in [3.8, 4) is 11.5 Å². The second kappa shape index (κ2) is 8.13. The maximum Gasteiger partial charge on any atom is 0.311 e. The molecule has 1 aliphatic rings. The third-order valence-corrected chi connectivity index (χ3v) is 5.00. The van der Waals surface area contributed by atoms with Gasteiger partial charge in [0.15, 0.2) is 10.9 Å². The summed E-state index contributed by atoms with van der Waals surface area (Å²) in [6, 6.07) is 11.1. The minimum absolute atomic E-state index is 0.226. The number of nitro benzene ring substituents is 1. The number of hydrogen-bond donors (Lipinski definition) is 1. The second-order valence-electron chi connectivity index (χ2n) is 5.76. The molecule has 0 unspecified atom stereocenters. The van der Waals surface area contributed by atoms with E-state index in [0.29, 0.717) is 33.6 Å². The molecule has 0 atom stereocenters. The Morgan fingerprint density at radius 2 is 2.00 bits per heavy atom. The third-order valence-electron chi connectivity index (χ3n) is 4.00. The van der Waals surface area contributed by atoms with Crippen LogP contribution in [-0.4, -0.2) is 39.7 Å². The molecule has 8 nitrogen and oxygen atoms in total. The number of carbonyl (C=O) groups excluding carboxylic acids is 1. The lowest BCUT2D eigenvalue weighted by molar-refractivity contribution is -0.385. The molecule has 3 rings (SSSR count). The number of amidine groups is 1. The Balaban J connectivity index is 1.92. The number of aliphatic imine (C=N–C) groups is 1. The molecule has 2 aromatic carbocycles. The van der Waals surface area contributed by atoms with Crippen LogP contribution in [0.4, 0.5) is 11.4 Å². The summed E-state index contributed by atoms with van der Waals surface area (Å²) >= 11 is 1.19. The summed E-state index contributed by atoms with van der Waals surface area (Å²) in [5.41, 5.74) is 0.711. The smallest absolute Gasteiger partial charge is 0.311 e. The number of nitro groups is 1. The van der Waals surface area contributed by atoms with Gasteiger partial charge in [-0.2, -0.15) is 0 Å². The molecule has 1 saturated heterocycles. The van der Waals surface area contributed by atoms with Crippen LogP contribution in [0.15, 0.2) is 52.4 Å². The predicted molar refractivity (Wildman–Crippen MR) is 108 cm³/mol. The van der Waals surface area contributed by atoms with Gasteiger partial charge in [-0.05, 0) is 60.7 Å². The van der Waals surface area contributed by atoms with Crippen molar-refractivity contribution in [3.63, 3.8) is 0 Å². The first-order valence-electron chi connectivity index (χ1n) is 8.34. The van der Waals surface area contributed by atoms with Gasteiger partial charge in [-0.15, -0.1) is 0 Å². The summed E-state index contributed by atoms with van der Waals surface area (Å²) < 4.78 is 5.12. The quantitative estimate of drug-likeness (QED) is 0.464. The average Bonchev–Trinajstić information content (AvgIpc) is 2.97. The Morgan fingerprint density at radius 3 is 2.61 bits per heavy atom. The maximum atomic E-state index is 12.7. The number of phenolic OH excluding ortho intramolecular Hbond substituents is 1. The molecule has 9 heteroatoms. The van der Waals surface area contributed by atoms with E-state index in [4.69, 9.17) is 4.74 Å². The van der Waals surface area contributed by atoms with E-state index in [1.54, 1.807) is 37.5 Å². The fourth-order valence-corrected chi connectivity index (χ4v) is 3.63. The number of hydrogen-bond acceptors (Lipinski definition) is 7. The number of likely N-dealkylation sites (N-methyl/N-ethyl adjacent to an activating group) is 1. The van der Waals surface area contributed by atoms with Crippen LogP contribution in [0.3, 0.4) is 0 Å². The van der Waals surface area contributed by atoms with Crippen LogP contribution in [0.1, 0.15) is 12.5 Å². The predicted octanol–water partition coefficient (Wildman–Crippen LogP) is 3.93. The molecule has 1 fully saturated rings. The lowest BCUT2D eigenvalue weighted by Gasteiger charge is -2.12. The van der Waals surface area contributed by atoms with Gasteiger partial charge >= 0.3 is 5.69 Å². The summed E-state index contributed by atoms with van der Waals surface area (Å²) in [5, 5.41) is 21.1. The number of aromatic hydroxyl groups is 1. The Labute approximate surface area is 165 Å². The Kier molecular flexibility index (Phi) is 5.65. The second-order valence-corrected chi connectivity index (χ2v) is 6.77. The van der Waals surface area contributed by atoms with Gasteiger partial charge in [-0.1, -0.05) is 6.07 Å². The molecule has 0 aliphatic carbocycles. The molecule has 2 aromatic rings. The van der Waals surface area contributed by atoms with Gasteiger partial charge in [0.1, 0.15) is 5.75 Å². The van der Waals surface area contributed by atoms with Crippen molar-refractivity contribution < 1.29 is 19.6 Å². The SMILES string of the molecule is CCN1C(=O)/C(=C/c2ccc(O)c([N+](=O)[O-])c2)SC1=Nc1ccc(OC)cc1. The van der Waals surface area contributed by atoms with Gasteiger partial charge in [0.2, 0.25) is 0 Å². The van der Waals surface area contributed by atoms with Gasteiger partial charge in [0.25, 0.3) is 5.91 Å². The number of thioether (sulfide) groups is 1. The number of nitrogens with zero attached hydrogens (tertiary/aromatic N) is 3. The highest BCUT2D eigenvalue weighted by Gasteiger charge is 2.32. The highest BCUT2D eigenvalue weighted by atomic mass is 32.2. The van der Waals surface area contributed by atoms with Crippen LogP contribution >= 0.6 is 11.8 Å². The van der Waals surface area contributed by atoms with Gasteiger partial charge in [0, 0.05) is 12.6 Å². The van der Waals surface area contributed by atoms with Crippen molar-refractivity contribution in [2.75, 3.05) is 13.7 Å². The van der Waals surface area contributed by atoms with Crippen molar-refractivity contribution in [1.82, 2.24) is 4.90 Å². The molecule has 0 aromatic heterocycles. The van der Waals surface area contributed by atoms with Crippen LogP contribution < -0.4 is 4.74 Å². The fraction of sp³-hybridized carbons (Fsp3) is 0.158. The van der Waals surface area contributed by atoms with Crippen molar-refractivity contribution in [2.24, 2.45) is 4.99 Å². The summed E-state index contributed by atoms with van der Waals surface area (Å²) in [6.45, 7) is 2.28. The number of methoxy groups -OCH3 is 1. The molecule has 1 N–H and O–H groups in total. The highest BCUT2D eigenvalue weighted by molar-refractivity contribution is 8.18. The summed E-state index contributed by atoms with van der Waals surface area (Å²) in [5.74, 6) is 0.0611. The van der Waals surface area contributed by atoms with Crippen LogP contribution in [0, 0.1) is 10.1 Å². The van der Waals surface area contributed by atoms with Gasteiger partial charge < -0.3 is 9.84 Å². The zero-order valence-corrected chi connectivity index (χ0v) is 16.0. The number of phenols is 1. The van der Waals surface area contributed by atoms with Crippen LogP contribution in [0.25, 0.3) is 6.08 Å². The molecule has 28 heavy (non-hydrogen) atoms. The number of rotatable bonds is 5. The van der Waals surface area contributed by atoms with E-state index >= 15 is 0 Å². The summed E-state index contributed by atoms with van der Waals surface area (Å²) in [6.07, 6.45) is 1.55. The zero-order valence-electron chi connectivity index (χ0n) is 15.2. The minimum Gasteiger partial charge on any atom is -0.502 e. The number of benzene rings is 2. The van der Waals surface area contributed by atoms with Crippen molar-refractivity contribution in [1.29, 1.82) is 0 Å². The lowest BCUT2D eigenvalue weighted by atomic mass is 10.1. The van der Waals surface area contributed by atoms with Crippen LogP contribution in [-0.2, 0) is 4.79 Å². The summed E-state index contributed by atoms with van der Waals surface area (Å²) in [7, 11) is 1.58. The van der Waals surface area contributed by atoms with Crippen LogP contribution in [0.2, 0.25) is 0 Å². The normalized spacial score (nSPS) is 16.8. The van der Waals surface area contributed by atoms with Crippen molar-refractivity contribution >= 4 is 40.3 Å². The molecule has 1 amide bonds. The first kappa shape index (κ1) is 19.4. The zero-order chi connectivity index (χ0) is 20.3. The molecule has 1 heterocycles. The fourth-order valence-electron chi connectivity index (χ4n) is 2.57. The molecule has 1 aliphatic heterocycles. The first-order valence-corrected chi connectivity index (χ1v) is 9.16. The van der Waals surface area contributed by atoms with Gasteiger partial charge in [-0.25, -0.2) is 4.99 Å². The van der Waals surface area contributed by atoms with E-state index in [1.165, 1.54) is 34.9 Å². The number of carbonyl (C=O) groups is 1. The molecule has 0 saturated carbocycles. The van der Waals surface area contributed by atoms with Crippen LogP contribution in [0.5, 0.6) is 11.5 Å². The van der Waals surface area contributed by atoms with E-state index < -0.39 is 16.4 Å². The first-order chi connectivity index (χ1) is 13.4. The molecular formula is C19H17N3O5S. The van der Waals surface area contributed by atoms with E-state index in [0.717, 1.165) is 0 Å². The average molecular weight is 399 g/mol. The number of amides is 1. The van der Waals surface area contributed by atoms with E-state index in [1.807, 2.05) is 6.92 Å². The lowest BCUT2D eigenvalue weighted by Crippen LogP contribution is -2.28. The largest absolute Gasteiger partial charge is 0.502 e. The van der Waals surface area contributed by atoms with Gasteiger partial charge in [0.05, 0.1) is 22.6 Å². The molecule has 0 spiro atoms. The van der Waals surface area contributed by atoms with Gasteiger partial charge in [-0.3, -0.25) is 19.8 Å². The molecular weight excluding hydrogens is 382 g/mol. The third kappa shape index (κ3) is 3.99. The van der Waals surface area contributed by atoms with E-state index in [2.05, 4.69) is 4.99 Å². The number of ether oxygens (including phenoxy) is 1. The monoisotopic (exact) mass is 399 g/mol. The Hall–Kier alpha value is -3.33. The molecule has 0 radical (unpaired) electrons. The molecule has 0 bridgehead atoms. The minimum atomic E-state index is -0.671. The van der Waals surface area contributed by atoms with Crippen molar-refractivity contribution in [3.05, 3.63) is 63.0 Å². The van der Waals surface area contributed by atoms with E-state index in [9.17, 15) is 20.0 Å². The highest BCUT2D eigenvalue weighted by Crippen LogP contribution is 2.35.